The van der Waals surface area contributed by atoms with Crippen LogP contribution in [-0.2, 0) is 4.79 Å². The van der Waals surface area contributed by atoms with E-state index in [-0.39, 0.29) is 11.9 Å². The molecule has 0 aliphatic carbocycles. The number of hydrogen-bond donors (Lipinski definition) is 0. The Morgan fingerprint density at radius 3 is 1.87 bits per heavy atom. The Hall–Kier alpha value is -2.73. The van der Waals surface area contributed by atoms with Gasteiger partial charge in [-0.05, 0) is 43.3 Å². The largest absolute Gasteiger partial charge is 0.497 e. The Bertz CT molecular complexity index is 811. The van der Waals surface area contributed by atoms with Crippen molar-refractivity contribution in [3.63, 3.8) is 0 Å². The molecule has 2 saturated heterocycles. The maximum Gasteiger partial charge on any atom is 0.239 e. The van der Waals surface area contributed by atoms with Gasteiger partial charge < -0.3 is 19.4 Å². The molecule has 0 spiro atoms. The second-order valence-corrected chi connectivity index (χ2v) is 8.04. The van der Waals surface area contributed by atoms with Crippen molar-refractivity contribution in [3.05, 3.63) is 54.6 Å². The molecule has 0 aromatic heterocycles. The van der Waals surface area contributed by atoms with Gasteiger partial charge in [-0.1, -0.05) is 18.2 Å². The molecule has 2 aliphatic heterocycles. The molecule has 30 heavy (non-hydrogen) atoms. The van der Waals surface area contributed by atoms with E-state index in [2.05, 4.69) is 58.0 Å². The van der Waals surface area contributed by atoms with Gasteiger partial charge in [0, 0.05) is 63.7 Å². The van der Waals surface area contributed by atoms with Gasteiger partial charge in [0.25, 0.3) is 0 Å². The Morgan fingerprint density at radius 1 is 0.767 bits per heavy atom. The fraction of sp³-hybridized carbons (Fsp3) is 0.458. The number of para-hydroxylation sites is 1. The zero-order valence-electron chi connectivity index (χ0n) is 18.0. The third kappa shape index (κ3) is 4.54. The lowest BCUT2D eigenvalue weighted by molar-refractivity contribution is -0.136. The second kappa shape index (κ2) is 9.39. The monoisotopic (exact) mass is 408 g/mol. The predicted molar refractivity (Wildman–Crippen MR) is 121 cm³/mol. The summed E-state index contributed by atoms with van der Waals surface area (Å²) in [6.07, 6.45) is 0. The van der Waals surface area contributed by atoms with Crippen LogP contribution in [0, 0.1) is 0 Å². The second-order valence-electron chi connectivity index (χ2n) is 8.04. The van der Waals surface area contributed by atoms with Gasteiger partial charge in [0.05, 0.1) is 13.2 Å². The van der Waals surface area contributed by atoms with Crippen LogP contribution in [0.1, 0.15) is 6.92 Å². The van der Waals surface area contributed by atoms with E-state index in [0.717, 1.165) is 58.1 Å². The minimum absolute atomic E-state index is 0.0636. The van der Waals surface area contributed by atoms with Gasteiger partial charge in [0.15, 0.2) is 0 Å². The van der Waals surface area contributed by atoms with Crippen LogP contribution in [0.25, 0.3) is 0 Å². The molecular weight excluding hydrogens is 376 g/mol. The molecule has 2 aliphatic rings. The van der Waals surface area contributed by atoms with Crippen molar-refractivity contribution >= 4 is 17.3 Å². The van der Waals surface area contributed by atoms with E-state index in [4.69, 9.17) is 4.74 Å². The van der Waals surface area contributed by atoms with Gasteiger partial charge in [0.1, 0.15) is 5.75 Å². The molecule has 1 amide bonds. The van der Waals surface area contributed by atoms with E-state index < -0.39 is 0 Å². The normalized spacial score (nSPS) is 18.9. The third-order valence-electron chi connectivity index (χ3n) is 6.37. The first-order valence-electron chi connectivity index (χ1n) is 10.9. The molecule has 0 bridgehead atoms. The minimum Gasteiger partial charge on any atom is -0.497 e. The lowest BCUT2D eigenvalue weighted by atomic mass is 10.1. The lowest BCUT2D eigenvalue weighted by Crippen LogP contribution is -2.57. The summed E-state index contributed by atoms with van der Waals surface area (Å²) in [7, 11) is 1.69. The summed E-state index contributed by atoms with van der Waals surface area (Å²) in [6.45, 7) is 9.13. The fourth-order valence-corrected chi connectivity index (χ4v) is 4.40. The van der Waals surface area contributed by atoms with E-state index in [1.807, 2.05) is 23.1 Å². The molecule has 1 atom stereocenters. The predicted octanol–water partition coefficient (Wildman–Crippen LogP) is 2.55. The quantitative estimate of drug-likeness (QED) is 0.760. The van der Waals surface area contributed by atoms with E-state index in [1.54, 1.807) is 7.11 Å². The van der Waals surface area contributed by atoms with Crippen LogP contribution in [0.2, 0.25) is 0 Å². The maximum atomic E-state index is 13.1. The smallest absolute Gasteiger partial charge is 0.239 e. The average molecular weight is 409 g/mol. The number of ether oxygens (including phenoxy) is 1. The van der Waals surface area contributed by atoms with E-state index in [1.165, 1.54) is 11.4 Å². The van der Waals surface area contributed by atoms with Crippen molar-refractivity contribution in [2.24, 2.45) is 0 Å². The van der Waals surface area contributed by atoms with Crippen molar-refractivity contribution in [3.8, 4) is 5.75 Å². The van der Waals surface area contributed by atoms with Crippen LogP contribution in [0.4, 0.5) is 11.4 Å². The van der Waals surface area contributed by atoms with Crippen molar-refractivity contribution in [2.45, 2.75) is 13.0 Å². The van der Waals surface area contributed by atoms with Crippen molar-refractivity contribution in [1.82, 2.24) is 9.80 Å². The topological polar surface area (TPSA) is 39.3 Å². The highest BCUT2D eigenvalue weighted by Gasteiger charge is 2.30. The number of methoxy groups -OCH3 is 1. The Balaban J connectivity index is 1.26. The summed E-state index contributed by atoms with van der Waals surface area (Å²) >= 11 is 0. The molecule has 0 saturated carbocycles. The summed E-state index contributed by atoms with van der Waals surface area (Å²) in [5.41, 5.74) is 2.46. The Kier molecular flexibility index (Phi) is 6.43. The van der Waals surface area contributed by atoms with Crippen LogP contribution in [-0.4, -0.2) is 81.2 Å². The number of carbonyl (C=O) groups excluding carboxylic acids is 1. The molecule has 2 aromatic rings. The standard InChI is InChI=1S/C24H32N4O2/c1-20(24(29)28-18-16-26(17-19-28)21-6-4-3-5-7-21)25-12-14-27(15-13-25)22-8-10-23(30-2)11-9-22/h3-11,20H,12-19H2,1-2H3/t20-/m0/s1. The van der Waals surface area contributed by atoms with Crippen LogP contribution in [0.15, 0.2) is 54.6 Å². The van der Waals surface area contributed by atoms with Crippen molar-refractivity contribution < 1.29 is 9.53 Å². The van der Waals surface area contributed by atoms with Gasteiger partial charge in [-0.25, -0.2) is 0 Å². The summed E-state index contributed by atoms with van der Waals surface area (Å²) < 4.78 is 5.25. The molecule has 2 heterocycles. The number of nitrogens with zero attached hydrogens (tertiary/aromatic N) is 4. The third-order valence-corrected chi connectivity index (χ3v) is 6.37. The van der Waals surface area contributed by atoms with E-state index >= 15 is 0 Å². The van der Waals surface area contributed by atoms with Gasteiger partial charge in [-0.2, -0.15) is 0 Å². The molecular formula is C24H32N4O2. The summed E-state index contributed by atoms with van der Waals surface area (Å²) in [4.78, 5) is 22.2. The van der Waals surface area contributed by atoms with Gasteiger partial charge in [-0.3, -0.25) is 9.69 Å². The molecule has 2 aromatic carbocycles. The fourth-order valence-electron chi connectivity index (χ4n) is 4.40. The SMILES string of the molecule is COc1ccc(N2CCN([C@@H](C)C(=O)N3CCN(c4ccccc4)CC3)CC2)cc1. The van der Waals surface area contributed by atoms with Crippen molar-refractivity contribution in [2.75, 3.05) is 69.3 Å². The molecule has 6 nitrogen and oxygen atoms in total. The number of piperazine rings is 2. The highest BCUT2D eigenvalue weighted by atomic mass is 16.5. The molecule has 0 unspecified atom stereocenters. The van der Waals surface area contributed by atoms with Gasteiger partial charge >= 0.3 is 0 Å². The molecule has 0 radical (unpaired) electrons. The van der Waals surface area contributed by atoms with E-state index in [0.29, 0.717) is 0 Å². The van der Waals surface area contributed by atoms with Gasteiger partial charge in [0.2, 0.25) is 5.91 Å². The first-order valence-corrected chi connectivity index (χ1v) is 10.9. The van der Waals surface area contributed by atoms with Crippen LogP contribution < -0.4 is 14.5 Å². The highest BCUT2D eigenvalue weighted by Crippen LogP contribution is 2.22. The summed E-state index contributed by atoms with van der Waals surface area (Å²) in [6, 6.07) is 18.6. The molecule has 160 valence electrons. The molecule has 6 heteroatoms. The summed E-state index contributed by atoms with van der Waals surface area (Å²) in [5.74, 6) is 1.14. The maximum absolute atomic E-state index is 13.1. The zero-order chi connectivity index (χ0) is 20.9. The van der Waals surface area contributed by atoms with Crippen LogP contribution >= 0.6 is 0 Å². The molecule has 2 fully saturated rings. The summed E-state index contributed by atoms with van der Waals surface area (Å²) in [5, 5.41) is 0. The highest BCUT2D eigenvalue weighted by molar-refractivity contribution is 5.81. The number of amides is 1. The Labute approximate surface area is 179 Å². The number of anilines is 2. The lowest BCUT2D eigenvalue weighted by Gasteiger charge is -2.42. The average Bonchev–Trinajstić information content (AvgIpc) is 2.84. The first kappa shape index (κ1) is 20.5. The molecule has 4 rings (SSSR count). The number of benzene rings is 2. The molecule has 0 N–H and O–H groups in total. The number of rotatable bonds is 5. The van der Waals surface area contributed by atoms with Crippen LogP contribution in [0.5, 0.6) is 5.75 Å². The zero-order valence-corrected chi connectivity index (χ0v) is 18.0. The first-order chi connectivity index (χ1) is 14.7. The van der Waals surface area contributed by atoms with Gasteiger partial charge in [-0.15, -0.1) is 0 Å². The van der Waals surface area contributed by atoms with E-state index in [9.17, 15) is 4.79 Å². The number of carbonyl (C=O) groups is 1. The Morgan fingerprint density at radius 2 is 1.30 bits per heavy atom. The van der Waals surface area contributed by atoms with Crippen molar-refractivity contribution in [1.29, 1.82) is 0 Å². The van der Waals surface area contributed by atoms with Crippen LogP contribution in [0.3, 0.4) is 0 Å². The minimum atomic E-state index is -0.0636. The number of hydrogen-bond acceptors (Lipinski definition) is 5.